The predicted molar refractivity (Wildman–Crippen MR) is 118 cm³/mol. The first-order chi connectivity index (χ1) is 14.1. The minimum absolute atomic E-state index is 0.227. The van der Waals surface area contributed by atoms with Gasteiger partial charge in [0, 0.05) is 12.1 Å². The van der Waals surface area contributed by atoms with Crippen molar-refractivity contribution in [2.75, 3.05) is 26.2 Å². The average molecular weight is 486 g/mol. The molecule has 3 rings (SSSR count). The Kier molecular flexibility index (Phi) is 8.60. The molecule has 158 valence electrons. The lowest BCUT2D eigenvalue weighted by Crippen LogP contribution is -2.33. The molecule has 0 aliphatic carbocycles. The quantitative estimate of drug-likeness (QED) is 0.505. The van der Waals surface area contributed by atoms with E-state index in [0.29, 0.717) is 23.1 Å². The summed E-state index contributed by atoms with van der Waals surface area (Å²) >= 11 is 9.71. The minimum Gasteiger partial charge on any atom is -0.490 e. The van der Waals surface area contributed by atoms with Crippen LogP contribution in [-0.4, -0.2) is 26.2 Å². The third-order valence-corrected chi connectivity index (χ3v) is 5.92. The van der Waals surface area contributed by atoms with E-state index in [1.54, 1.807) is 6.07 Å². The highest BCUT2D eigenvalue weighted by Gasteiger charge is 2.15. The number of piperidine rings is 1. The van der Waals surface area contributed by atoms with Gasteiger partial charge in [-0.15, -0.1) is 0 Å². The molecule has 0 aromatic heterocycles. The number of hydrogen-bond donors (Lipinski definition) is 2. The third kappa shape index (κ3) is 6.57. The maximum absolute atomic E-state index is 13.2. The highest BCUT2D eigenvalue weighted by Crippen LogP contribution is 2.38. The van der Waals surface area contributed by atoms with Crippen LogP contribution in [0.15, 0.2) is 34.8 Å². The molecule has 2 aromatic rings. The molecule has 7 heteroatoms. The Morgan fingerprint density at radius 1 is 1.21 bits per heavy atom. The topological polar surface area (TPSA) is 42.5 Å². The summed E-state index contributed by atoms with van der Waals surface area (Å²) < 4.78 is 25.8. The zero-order valence-electron chi connectivity index (χ0n) is 16.6. The van der Waals surface area contributed by atoms with E-state index in [9.17, 15) is 4.39 Å². The molecule has 2 aromatic carbocycles. The third-order valence-electron chi connectivity index (χ3n) is 4.98. The van der Waals surface area contributed by atoms with E-state index in [-0.39, 0.29) is 12.4 Å². The number of ether oxygens (including phenoxy) is 2. The molecule has 1 aliphatic heterocycles. The zero-order chi connectivity index (χ0) is 20.6. The molecule has 1 saturated heterocycles. The van der Waals surface area contributed by atoms with Gasteiger partial charge in [-0.3, -0.25) is 0 Å². The summed E-state index contributed by atoms with van der Waals surface area (Å²) in [5, 5.41) is 7.30. The van der Waals surface area contributed by atoms with E-state index in [0.717, 1.165) is 47.7 Å². The van der Waals surface area contributed by atoms with Crippen LogP contribution >= 0.6 is 27.5 Å². The van der Waals surface area contributed by atoms with Gasteiger partial charge in [-0.2, -0.15) is 0 Å². The second kappa shape index (κ2) is 11.2. The van der Waals surface area contributed by atoms with Gasteiger partial charge >= 0.3 is 0 Å². The van der Waals surface area contributed by atoms with Crippen molar-refractivity contribution < 1.29 is 13.9 Å². The molecule has 1 aliphatic rings. The first kappa shape index (κ1) is 22.3. The van der Waals surface area contributed by atoms with E-state index < -0.39 is 0 Å². The molecule has 0 saturated carbocycles. The second-order valence-electron chi connectivity index (χ2n) is 7.19. The summed E-state index contributed by atoms with van der Waals surface area (Å²) in [4.78, 5) is 0. The van der Waals surface area contributed by atoms with Crippen LogP contribution < -0.4 is 20.1 Å². The number of hydrogen-bond acceptors (Lipinski definition) is 4. The molecule has 0 radical (unpaired) electrons. The van der Waals surface area contributed by atoms with Crippen molar-refractivity contribution in [3.8, 4) is 11.5 Å². The summed E-state index contributed by atoms with van der Waals surface area (Å²) in [7, 11) is 0. The van der Waals surface area contributed by atoms with Crippen molar-refractivity contribution >= 4 is 27.5 Å². The second-order valence-corrected chi connectivity index (χ2v) is 8.45. The Balaban J connectivity index is 1.65. The van der Waals surface area contributed by atoms with Gasteiger partial charge in [0.2, 0.25) is 0 Å². The van der Waals surface area contributed by atoms with Crippen molar-refractivity contribution in [1.29, 1.82) is 0 Å². The van der Waals surface area contributed by atoms with Crippen molar-refractivity contribution in [3.63, 3.8) is 0 Å². The van der Waals surface area contributed by atoms with Crippen molar-refractivity contribution in [3.05, 3.63) is 56.8 Å². The minimum atomic E-state index is -0.365. The van der Waals surface area contributed by atoms with E-state index in [2.05, 4.69) is 26.6 Å². The van der Waals surface area contributed by atoms with Gasteiger partial charge in [0.1, 0.15) is 12.4 Å². The van der Waals surface area contributed by atoms with Gasteiger partial charge in [0.05, 0.1) is 16.1 Å². The maximum Gasteiger partial charge on any atom is 0.175 e. The lowest BCUT2D eigenvalue weighted by Gasteiger charge is -2.23. The Bertz CT molecular complexity index is 816. The van der Waals surface area contributed by atoms with Gasteiger partial charge in [-0.1, -0.05) is 17.7 Å². The van der Waals surface area contributed by atoms with Crippen LogP contribution in [0.3, 0.4) is 0 Å². The first-order valence-corrected chi connectivity index (χ1v) is 11.2. The van der Waals surface area contributed by atoms with Crippen LogP contribution in [0, 0.1) is 11.7 Å². The van der Waals surface area contributed by atoms with Crippen LogP contribution in [0.1, 0.15) is 30.9 Å². The molecular weight excluding hydrogens is 459 g/mol. The van der Waals surface area contributed by atoms with Gasteiger partial charge in [0.15, 0.2) is 11.5 Å². The van der Waals surface area contributed by atoms with Crippen molar-refractivity contribution in [2.24, 2.45) is 5.92 Å². The average Bonchev–Trinajstić information content (AvgIpc) is 2.70. The molecule has 0 atom stereocenters. The first-order valence-electron chi connectivity index (χ1n) is 10.00. The molecule has 0 amide bonds. The molecule has 0 spiro atoms. The SMILES string of the molecule is CCOc1cc(CNCC2CCNCC2)cc(Br)c1OCc1ccc(F)cc1Cl. The molecule has 1 fully saturated rings. The number of nitrogens with one attached hydrogen (secondary N) is 2. The standard InChI is InChI=1S/C22H27BrClFN2O2/c1-2-28-21-10-16(13-27-12-15-5-7-26-8-6-15)9-19(23)22(21)29-14-17-3-4-18(25)11-20(17)24/h3-4,9-11,15,26-27H,2,5-8,12-14H2,1H3. The lowest BCUT2D eigenvalue weighted by atomic mass is 9.98. The summed E-state index contributed by atoms with van der Waals surface area (Å²) in [5.74, 6) is 1.67. The van der Waals surface area contributed by atoms with Crippen LogP contribution in [0.5, 0.6) is 11.5 Å². The predicted octanol–water partition coefficient (Wildman–Crippen LogP) is 5.31. The largest absolute Gasteiger partial charge is 0.490 e. The zero-order valence-corrected chi connectivity index (χ0v) is 18.9. The number of halogens is 3. The van der Waals surface area contributed by atoms with Crippen LogP contribution in [0.2, 0.25) is 5.02 Å². The number of benzene rings is 2. The molecule has 2 N–H and O–H groups in total. The summed E-state index contributed by atoms with van der Waals surface area (Å²) in [5.41, 5.74) is 1.84. The van der Waals surface area contributed by atoms with E-state index in [4.69, 9.17) is 21.1 Å². The summed E-state index contributed by atoms with van der Waals surface area (Å²) in [6.07, 6.45) is 2.44. The van der Waals surface area contributed by atoms with Crippen LogP contribution in [0.25, 0.3) is 0 Å². The summed E-state index contributed by atoms with van der Waals surface area (Å²) in [6.45, 7) is 6.71. The number of rotatable bonds is 9. The Morgan fingerprint density at radius 3 is 2.72 bits per heavy atom. The van der Waals surface area contributed by atoms with E-state index in [1.165, 1.54) is 25.0 Å². The summed E-state index contributed by atoms with van der Waals surface area (Å²) in [6, 6.07) is 8.34. The fourth-order valence-corrected chi connectivity index (χ4v) is 4.25. The van der Waals surface area contributed by atoms with E-state index >= 15 is 0 Å². The lowest BCUT2D eigenvalue weighted by molar-refractivity contribution is 0.267. The van der Waals surface area contributed by atoms with Crippen molar-refractivity contribution in [2.45, 2.75) is 32.9 Å². The molecule has 1 heterocycles. The molecule has 0 unspecified atom stereocenters. The van der Waals surface area contributed by atoms with Crippen LogP contribution in [0.4, 0.5) is 4.39 Å². The van der Waals surface area contributed by atoms with Gasteiger partial charge in [-0.25, -0.2) is 4.39 Å². The molecular formula is C22H27BrClFN2O2. The Morgan fingerprint density at radius 2 is 2.00 bits per heavy atom. The smallest absolute Gasteiger partial charge is 0.175 e. The fourth-order valence-electron chi connectivity index (χ4n) is 3.42. The molecule has 4 nitrogen and oxygen atoms in total. The Labute approximate surface area is 185 Å². The van der Waals surface area contributed by atoms with Gasteiger partial charge < -0.3 is 20.1 Å². The Hall–Kier alpha value is -1.34. The van der Waals surface area contributed by atoms with Crippen LogP contribution in [-0.2, 0) is 13.2 Å². The maximum atomic E-state index is 13.2. The van der Waals surface area contributed by atoms with Crippen molar-refractivity contribution in [1.82, 2.24) is 10.6 Å². The fraction of sp³-hybridized carbons (Fsp3) is 0.455. The molecule has 29 heavy (non-hydrogen) atoms. The van der Waals surface area contributed by atoms with Gasteiger partial charge in [-0.05, 0) is 91.1 Å². The highest BCUT2D eigenvalue weighted by atomic mass is 79.9. The molecule has 0 bridgehead atoms. The monoisotopic (exact) mass is 484 g/mol. The highest BCUT2D eigenvalue weighted by molar-refractivity contribution is 9.10. The normalized spacial score (nSPS) is 14.8. The van der Waals surface area contributed by atoms with Gasteiger partial charge in [0.25, 0.3) is 0 Å². The van der Waals surface area contributed by atoms with E-state index in [1.807, 2.05) is 19.1 Å².